The van der Waals surface area contributed by atoms with Crippen LogP contribution in [0.5, 0.6) is 0 Å². The van der Waals surface area contributed by atoms with Crippen LogP contribution in [0.15, 0.2) is 57.9 Å². The Kier molecular flexibility index (Phi) is 9.70. The fraction of sp³-hybridized carbons (Fsp3) is 0.190. The number of carbonyl (C=O) groups is 2. The molecule has 0 aliphatic rings. The van der Waals surface area contributed by atoms with Crippen LogP contribution in [-0.2, 0) is 4.79 Å². The molecule has 3 N–H and O–H groups in total. The van der Waals surface area contributed by atoms with E-state index in [-0.39, 0.29) is 0 Å². The summed E-state index contributed by atoms with van der Waals surface area (Å²) in [6, 6.07) is 15.2. The number of aldehydes is 1. The molecule has 0 atom stereocenters. The zero-order valence-electron chi connectivity index (χ0n) is 16.3. The highest BCUT2D eigenvalue weighted by atomic mass is 32.2. The largest absolute Gasteiger partial charge is 0.481 e. The molecule has 0 saturated heterocycles. The molecule has 3 aromatic rings. The summed E-state index contributed by atoms with van der Waals surface area (Å²) in [6.07, 6.45) is 0.823. The van der Waals surface area contributed by atoms with E-state index < -0.39 is 5.97 Å². The minimum atomic E-state index is -0.833. The number of aliphatic carboxylic acids is 1. The van der Waals surface area contributed by atoms with Crippen molar-refractivity contribution in [3.63, 3.8) is 0 Å². The van der Waals surface area contributed by atoms with Gasteiger partial charge in [0, 0.05) is 22.9 Å². The van der Waals surface area contributed by atoms with Crippen molar-refractivity contribution in [2.24, 2.45) is 5.14 Å². The molecule has 0 bridgehead atoms. The predicted octanol–water partition coefficient (Wildman–Crippen LogP) is 5.21. The van der Waals surface area contributed by atoms with E-state index >= 15 is 0 Å². The summed E-state index contributed by atoms with van der Waals surface area (Å²) in [5.41, 5.74) is 4.13. The summed E-state index contributed by atoms with van der Waals surface area (Å²) >= 11 is 1.21. The maximum atomic E-state index is 11.0. The second kappa shape index (κ2) is 11.7. The smallest absolute Gasteiger partial charge is 0.300 e. The van der Waals surface area contributed by atoms with E-state index in [1.165, 1.54) is 11.9 Å². The Labute approximate surface area is 168 Å². The Morgan fingerprint density at radius 1 is 1.14 bits per heavy atom. The average Bonchev–Trinajstić information content (AvgIpc) is 3.10. The number of aromatic nitrogens is 1. The first-order valence-corrected chi connectivity index (χ1v) is 9.52. The quantitative estimate of drug-likeness (QED) is 0.457. The molecule has 7 heteroatoms. The third-order valence-corrected chi connectivity index (χ3v) is 3.98. The Bertz CT molecular complexity index is 901. The molecule has 0 spiro atoms. The molecule has 0 saturated carbocycles. The van der Waals surface area contributed by atoms with Gasteiger partial charge in [-0.15, -0.1) is 0 Å². The zero-order chi connectivity index (χ0) is 21.1. The highest BCUT2D eigenvalue weighted by molar-refractivity contribution is 7.97. The molecule has 2 aromatic carbocycles. The van der Waals surface area contributed by atoms with E-state index in [0.29, 0.717) is 5.56 Å². The lowest BCUT2D eigenvalue weighted by Gasteiger charge is -2.05. The molecule has 6 nitrogen and oxygen atoms in total. The number of aryl methyl sites for hydroxylation is 1. The van der Waals surface area contributed by atoms with E-state index in [9.17, 15) is 4.79 Å². The van der Waals surface area contributed by atoms with Crippen molar-refractivity contribution in [3.8, 4) is 22.4 Å². The topological polar surface area (TPSA) is 106 Å². The Morgan fingerprint density at radius 2 is 1.75 bits per heavy atom. The molecule has 0 aliphatic heterocycles. The fourth-order valence-corrected chi connectivity index (χ4v) is 2.66. The average molecular weight is 401 g/mol. The highest BCUT2D eigenvalue weighted by Crippen LogP contribution is 2.35. The molecule has 1 aromatic heterocycles. The van der Waals surface area contributed by atoms with Crippen LogP contribution in [0.25, 0.3) is 22.4 Å². The minimum Gasteiger partial charge on any atom is -0.481 e. The van der Waals surface area contributed by atoms with E-state index in [4.69, 9.17) is 19.6 Å². The van der Waals surface area contributed by atoms with Crippen molar-refractivity contribution in [2.45, 2.75) is 32.6 Å². The first-order valence-electron chi connectivity index (χ1n) is 8.64. The molecule has 1 heterocycles. The predicted molar refractivity (Wildman–Crippen MR) is 112 cm³/mol. The first-order chi connectivity index (χ1) is 13.5. The van der Waals surface area contributed by atoms with E-state index in [1.54, 1.807) is 12.1 Å². The monoisotopic (exact) mass is 400 g/mol. The van der Waals surface area contributed by atoms with Gasteiger partial charge in [-0.25, -0.2) is 0 Å². The summed E-state index contributed by atoms with van der Waals surface area (Å²) in [5, 5.41) is 17.1. The number of carboxylic acid groups (broad SMARTS) is 1. The second-order valence-electron chi connectivity index (χ2n) is 5.37. The summed E-state index contributed by atoms with van der Waals surface area (Å²) in [6.45, 7) is 6.96. The van der Waals surface area contributed by atoms with Gasteiger partial charge in [-0.3, -0.25) is 14.7 Å². The molecule has 0 amide bonds. The Balaban J connectivity index is 0.000000583. The van der Waals surface area contributed by atoms with Gasteiger partial charge in [0.1, 0.15) is 17.7 Å². The highest BCUT2D eigenvalue weighted by Gasteiger charge is 2.16. The van der Waals surface area contributed by atoms with E-state index in [2.05, 4.69) is 5.16 Å². The van der Waals surface area contributed by atoms with Gasteiger partial charge in [0.2, 0.25) is 0 Å². The fourth-order valence-electron chi connectivity index (χ4n) is 2.37. The molecule has 0 radical (unpaired) electrons. The van der Waals surface area contributed by atoms with Gasteiger partial charge < -0.3 is 9.63 Å². The maximum Gasteiger partial charge on any atom is 0.300 e. The minimum absolute atomic E-state index is 0.610. The number of hydrogen-bond acceptors (Lipinski definition) is 6. The molecule has 0 unspecified atom stereocenters. The summed E-state index contributed by atoms with van der Waals surface area (Å²) < 4.78 is 5.37. The van der Waals surface area contributed by atoms with Crippen molar-refractivity contribution in [1.29, 1.82) is 0 Å². The van der Waals surface area contributed by atoms with Crippen molar-refractivity contribution >= 4 is 24.2 Å². The molecule has 3 rings (SSSR count). The van der Waals surface area contributed by atoms with E-state index in [1.807, 2.05) is 57.2 Å². The van der Waals surface area contributed by atoms with Gasteiger partial charge in [0.25, 0.3) is 5.97 Å². The molecule has 0 fully saturated rings. The van der Waals surface area contributed by atoms with Crippen LogP contribution in [0.4, 0.5) is 0 Å². The van der Waals surface area contributed by atoms with Gasteiger partial charge >= 0.3 is 0 Å². The van der Waals surface area contributed by atoms with Crippen LogP contribution < -0.4 is 5.14 Å². The third kappa shape index (κ3) is 6.37. The molecular formula is C21H24N2O4S. The van der Waals surface area contributed by atoms with Gasteiger partial charge in [-0.1, -0.05) is 49.3 Å². The van der Waals surface area contributed by atoms with Gasteiger partial charge in [0.15, 0.2) is 0 Å². The molecule has 28 heavy (non-hydrogen) atoms. The van der Waals surface area contributed by atoms with Crippen molar-refractivity contribution in [3.05, 3.63) is 59.9 Å². The Hall–Kier alpha value is -2.90. The number of nitrogens with two attached hydrogens (primary N) is 1. The summed E-state index contributed by atoms with van der Waals surface area (Å²) in [5.74, 6) is -0.0975. The van der Waals surface area contributed by atoms with Gasteiger partial charge in [-0.2, -0.15) is 0 Å². The van der Waals surface area contributed by atoms with Crippen molar-refractivity contribution in [2.75, 3.05) is 0 Å². The standard InChI is InChI=1S/C17H14N2O2S.C2H4O2.C2H6/c1-11-16(13-5-7-15(22-18)8-6-13)17(19-21-11)14-4-2-3-12(9-14)10-20;1-2(3)4;1-2/h2-10H,18H2,1H3;1H3,(H,3,4);1-2H3. The van der Waals surface area contributed by atoms with Crippen molar-refractivity contribution in [1.82, 2.24) is 5.16 Å². The van der Waals surface area contributed by atoms with Crippen molar-refractivity contribution < 1.29 is 19.2 Å². The van der Waals surface area contributed by atoms with Crippen LogP contribution in [0.1, 0.15) is 36.9 Å². The summed E-state index contributed by atoms with van der Waals surface area (Å²) in [7, 11) is 0. The number of benzene rings is 2. The number of rotatable bonds is 4. The lowest BCUT2D eigenvalue weighted by atomic mass is 9.98. The number of carbonyl (C=O) groups excluding carboxylic acids is 1. The first kappa shape index (κ1) is 23.1. The molecule has 0 aliphatic carbocycles. The lowest BCUT2D eigenvalue weighted by molar-refractivity contribution is -0.134. The SMILES string of the molecule is CC.CC(=O)O.Cc1onc(-c2cccc(C=O)c2)c1-c1ccc(SN)cc1. The second-order valence-corrected chi connectivity index (χ2v) is 6.07. The van der Waals surface area contributed by atoms with Crippen LogP contribution in [0, 0.1) is 6.92 Å². The van der Waals surface area contributed by atoms with Crippen LogP contribution >= 0.6 is 11.9 Å². The lowest BCUT2D eigenvalue weighted by Crippen LogP contribution is -1.87. The molecular weight excluding hydrogens is 376 g/mol. The van der Waals surface area contributed by atoms with Crippen LogP contribution in [0.2, 0.25) is 0 Å². The zero-order valence-corrected chi connectivity index (χ0v) is 17.1. The van der Waals surface area contributed by atoms with Gasteiger partial charge in [0.05, 0.1) is 5.56 Å². The third-order valence-electron chi connectivity index (χ3n) is 3.44. The van der Waals surface area contributed by atoms with Crippen LogP contribution in [0.3, 0.4) is 0 Å². The van der Waals surface area contributed by atoms with Gasteiger partial charge in [-0.05, 0) is 42.6 Å². The molecule has 148 valence electrons. The normalized spacial score (nSPS) is 9.46. The number of carboxylic acids is 1. The maximum absolute atomic E-state index is 11.0. The number of hydrogen-bond donors (Lipinski definition) is 2. The van der Waals surface area contributed by atoms with E-state index in [0.717, 1.165) is 46.2 Å². The summed E-state index contributed by atoms with van der Waals surface area (Å²) in [4.78, 5) is 21.0. The Morgan fingerprint density at radius 3 is 2.29 bits per heavy atom. The number of nitrogens with zero attached hydrogens (tertiary/aromatic N) is 1. The van der Waals surface area contributed by atoms with Crippen LogP contribution in [-0.4, -0.2) is 22.5 Å².